The van der Waals surface area contributed by atoms with E-state index in [1.165, 1.54) is 0 Å². The number of anilines is 2. The highest BCUT2D eigenvalue weighted by molar-refractivity contribution is 5.97. The van der Waals surface area contributed by atoms with Gasteiger partial charge in [-0.05, 0) is 37.6 Å². The van der Waals surface area contributed by atoms with Gasteiger partial charge in [0.05, 0.1) is 24.9 Å². The monoisotopic (exact) mass is 349 g/mol. The maximum Gasteiger partial charge on any atom is 0.234 e. The van der Waals surface area contributed by atoms with E-state index in [9.17, 15) is 10.4 Å². The maximum absolute atomic E-state index is 9.97. The van der Waals surface area contributed by atoms with Crippen LogP contribution in [0.5, 0.6) is 17.4 Å². The number of methoxy groups -OCH3 is 1. The number of nitrogens with one attached hydrogen (secondary N) is 1. The fraction of sp³-hybridized carbons (Fsp3) is 0.200. The lowest BCUT2D eigenvalue weighted by Gasteiger charge is -2.15. The van der Waals surface area contributed by atoms with E-state index in [4.69, 9.17) is 9.47 Å². The van der Waals surface area contributed by atoms with Crippen LogP contribution in [-0.4, -0.2) is 23.8 Å². The third-order valence-electron chi connectivity index (χ3n) is 4.03. The first kappa shape index (κ1) is 17.4. The fourth-order valence-electron chi connectivity index (χ4n) is 2.66. The van der Waals surface area contributed by atoms with Gasteiger partial charge in [0.1, 0.15) is 23.1 Å². The summed E-state index contributed by atoms with van der Waals surface area (Å²) in [6, 6.07) is 12.9. The third kappa shape index (κ3) is 3.20. The molecule has 3 aromatic rings. The van der Waals surface area contributed by atoms with Crippen LogP contribution in [0.4, 0.5) is 11.4 Å². The summed E-state index contributed by atoms with van der Waals surface area (Å²) >= 11 is 0. The molecule has 26 heavy (non-hydrogen) atoms. The van der Waals surface area contributed by atoms with Crippen molar-refractivity contribution in [2.45, 2.75) is 13.8 Å². The van der Waals surface area contributed by atoms with Gasteiger partial charge in [-0.3, -0.25) is 0 Å². The summed E-state index contributed by atoms with van der Waals surface area (Å²) in [7, 11) is 1.59. The van der Waals surface area contributed by atoms with Crippen LogP contribution in [0.25, 0.3) is 10.9 Å². The van der Waals surface area contributed by atoms with Crippen LogP contribution in [0.2, 0.25) is 0 Å². The number of nitriles is 1. The molecule has 2 aromatic carbocycles. The van der Waals surface area contributed by atoms with Crippen LogP contribution < -0.4 is 14.8 Å². The van der Waals surface area contributed by atoms with Crippen molar-refractivity contribution in [1.82, 2.24) is 4.98 Å². The number of rotatable bonds is 5. The number of fused-ring (bicyclic) bond motifs is 1. The van der Waals surface area contributed by atoms with Crippen LogP contribution in [0.1, 0.15) is 18.1 Å². The van der Waals surface area contributed by atoms with E-state index < -0.39 is 0 Å². The highest BCUT2D eigenvalue weighted by atomic mass is 16.5. The number of hydrogen-bond acceptors (Lipinski definition) is 6. The molecule has 6 heteroatoms. The number of aryl methyl sites for hydroxylation is 1. The molecule has 0 unspecified atom stereocenters. The van der Waals surface area contributed by atoms with Gasteiger partial charge in [0, 0.05) is 23.2 Å². The molecule has 1 aromatic heterocycles. The van der Waals surface area contributed by atoms with Gasteiger partial charge >= 0.3 is 0 Å². The number of pyridine rings is 1. The first-order chi connectivity index (χ1) is 12.6. The van der Waals surface area contributed by atoms with E-state index in [0.29, 0.717) is 34.8 Å². The van der Waals surface area contributed by atoms with Crippen molar-refractivity contribution in [3.8, 4) is 23.4 Å². The van der Waals surface area contributed by atoms with Crippen molar-refractivity contribution in [3.63, 3.8) is 0 Å². The lowest BCUT2D eigenvalue weighted by molar-refractivity contribution is 0.327. The zero-order chi connectivity index (χ0) is 18.7. The number of aromatic nitrogens is 1. The van der Waals surface area contributed by atoms with E-state index in [0.717, 1.165) is 10.9 Å². The summed E-state index contributed by atoms with van der Waals surface area (Å²) in [6.45, 7) is 4.05. The molecule has 1 heterocycles. The molecule has 0 aliphatic carbocycles. The van der Waals surface area contributed by atoms with Crippen molar-refractivity contribution < 1.29 is 14.6 Å². The van der Waals surface area contributed by atoms with Crippen LogP contribution in [0.15, 0.2) is 36.4 Å². The molecule has 0 spiro atoms. The summed E-state index contributed by atoms with van der Waals surface area (Å²) in [4.78, 5) is 4.46. The molecular weight excluding hydrogens is 330 g/mol. The van der Waals surface area contributed by atoms with Gasteiger partial charge in [-0.15, -0.1) is 0 Å². The molecule has 0 saturated carbocycles. The Hall–Kier alpha value is -3.46. The Bertz CT molecular complexity index is 1010. The molecular formula is C20H19N3O3. The minimum Gasteiger partial charge on any atom is -0.508 e. The molecule has 0 aliphatic rings. The largest absolute Gasteiger partial charge is 0.508 e. The predicted octanol–water partition coefficient (Wildman–Crippen LogP) is 4.27. The Labute approximate surface area is 151 Å². The SMILES string of the molecule is CCOc1nc2cc(OC)ccc2c(Nc2ccc(C)c(O)c2)c1C#N. The number of nitrogens with zero attached hydrogens (tertiary/aromatic N) is 2. The third-order valence-corrected chi connectivity index (χ3v) is 4.03. The predicted molar refractivity (Wildman–Crippen MR) is 100 cm³/mol. The topological polar surface area (TPSA) is 87.4 Å². The van der Waals surface area contributed by atoms with Crippen LogP contribution in [0, 0.1) is 18.3 Å². The van der Waals surface area contributed by atoms with Gasteiger partial charge < -0.3 is 19.9 Å². The molecule has 0 radical (unpaired) electrons. The lowest BCUT2D eigenvalue weighted by Crippen LogP contribution is -2.03. The van der Waals surface area contributed by atoms with Gasteiger partial charge in [-0.2, -0.15) is 5.26 Å². The second-order valence-corrected chi connectivity index (χ2v) is 5.72. The quantitative estimate of drug-likeness (QED) is 0.715. The number of benzene rings is 2. The zero-order valence-electron chi connectivity index (χ0n) is 14.8. The first-order valence-electron chi connectivity index (χ1n) is 8.18. The van der Waals surface area contributed by atoms with Crippen molar-refractivity contribution in [1.29, 1.82) is 5.26 Å². The van der Waals surface area contributed by atoms with Gasteiger partial charge in [0.25, 0.3) is 0 Å². The van der Waals surface area contributed by atoms with Crippen LogP contribution in [0.3, 0.4) is 0 Å². The molecule has 0 amide bonds. The molecule has 132 valence electrons. The maximum atomic E-state index is 9.97. The Morgan fingerprint density at radius 1 is 1.23 bits per heavy atom. The minimum atomic E-state index is 0.179. The Morgan fingerprint density at radius 3 is 2.69 bits per heavy atom. The number of aromatic hydroxyl groups is 1. The molecule has 2 N–H and O–H groups in total. The van der Waals surface area contributed by atoms with E-state index >= 15 is 0 Å². The van der Waals surface area contributed by atoms with Crippen molar-refractivity contribution in [2.24, 2.45) is 0 Å². The van der Waals surface area contributed by atoms with Crippen LogP contribution >= 0.6 is 0 Å². The highest BCUT2D eigenvalue weighted by Crippen LogP contribution is 2.36. The normalized spacial score (nSPS) is 10.4. The number of ether oxygens (including phenoxy) is 2. The molecule has 0 aliphatic heterocycles. The number of phenolic OH excluding ortho intramolecular Hbond substituents is 1. The van der Waals surface area contributed by atoms with Crippen molar-refractivity contribution >= 4 is 22.3 Å². The molecule has 0 atom stereocenters. The van der Waals surface area contributed by atoms with E-state index in [-0.39, 0.29) is 11.6 Å². The fourth-order valence-corrected chi connectivity index (χ4v) is 2.66. The van der Waals surface area contributed by atoms with E-state index in [2.05, 4.69) is 16.4 Å². The van der Waals surface area contributed by atoms with Gasteiger partial charge in [0.2, 0.25) is 5.88 Å². The molecule has 0 saturated heterocycles. The number of hydrogen-bond donors (Lipinski definition) is 2. The average molecular weight is 349 g/mol. The molecule has 3 rings (SSSR count). The number of phenols is 1. The smallest absolute Gasteiger partial charge is 0.234 e. The summed E-state index contributed by atoms with van der Waals surface area (Å²) in [5.74, 6) is 1.10. The summed E-state index contributed by atoms with van der Waals surface area (Å²) in [5, 5.41) is 23.6. The lowest BCUT2D eigenvalue weighted by atomic mass is 10.1. The highest BCUT2D eigenvalue weighted by Gasteiger charge is 2.17. The van der Waals surface area contributed by atoms with E-state index in [1.807, 2.05) is 32.0 Å². The summed E-state index contributed by atoms with van der Waals surface area (Å²) in [6.07, 6.45) is 0. The average Bonchev–Trinajstić information content (AvgIpc) is 2.64. The Balaban J connectivity index is 2.22. The summed E-state index contributed by atoms with van der Waals surface area (Å²) < 4.78 is 10.8. The first-order valence-corrected chi connectivity index (χ1v) is 8.18. The Morgan fingerprint density at radius 2 is 2.04 bits per heavy atom. The van der Waals surface area contributed by atoms with Crippen LogP contribution in [-0.2, 0) is 0 Å². The minimum absolute atomic E-state index is 0.179. The molecule has 6 nitrogen and oxygen atoms in total. The van der Waals surface area contributed by atoms with Gasteiger partial charge in [-0.1, -0.05) is 6.07 Å². The second kappa shape index (κ2) is 7.19. The summed E-state index contributed by atoms with van der Waals surface area (Å²) in [5.41, 5.74) is 2.97. The standard InChI is InChI=1S/C20H19N3O3/c1-4-26-20-16(11-21)19(22-13-6-5-12(2)18(24)9-13)15-8-7-14(25-3)10-17(15)23-20/h5-10,24H,4H2,1-3H3,(H,22,23). The van der Waals surface area contributed by atoms with Gasteiger partial charge in [-0.25, -0.2) is 4.98 Å². The van der Waals surface area contributed by atoms with Crippen molar-refractivity contribution in [2.75, 3.05) is 19.0 Å². The molecule has 0 bridgehead atoms. The zero-order valence-corrected chi connectivity index (χ0v) is 14.8. The second-order valence-electron chi connectivity index (χ2n) is 5.72. The molecule has 0 fully saturated rings. The Kier molecular flexibility index (Phi) is 4.81. The van der Waals surface area contributed by atoms with Crippen molar-refractivity contribution in [3.05, 3.63) is 47.5 Å². The van der Waals surface area contributed by atoms with E-state index in [1.54, 1.807) is 25.3 Å². The van der Waals surface area contributed by atoms with Gasteiger partial charge in [0.15, 0.2) is 0 Å².